The number of ether oxygens (including phenoxy) is 1. The van der Waals surface area contributed by atoms with Crippen LogP contribution in [0.4, 0.5) is 4.79 Å². The SMILES string of the molecule is CCOCC1CCCN(C(=O)NC2CCN(CC3CC3)C2)C1. The van der Waals surface area contributed by atoms with Crippen molar-refractivity contribution in [2.75, 3.05) is 45.9 Å². The Morgan fingerprint density at radius 3 is 2.77 bits per heavy atom. The Morgan fingerprint density at radius 1 is 1.14 bits per heavy atom. The molecule has 3 fully saturated rings. The van der Waals surface area contributed by atoms with Crippen molar-refractivity contribution in [2.45, 2.75) is 45.1 Å². The van der Waals surface area contributed by atoms with Crippen molar-refractivity contribution in [3.63, 3.8) is 0 Å². The van der Waals surface area contributed by atoms with Gasteiger partial charge in [0.25, 0.3) is 0 Å². The van der Waals surface area contributed by atoms with Crippen LogP contribution in [0.25, 0.3) is 0 Å². The number of nitrogens with zero attached hydrogens (tertiary/aromatic N) is 2. The van der Waals surface area contributed by atoms with E-state index >= 15 is 0 Å². The van der Waals surface area contributed by atoms with E-state index in [1.54, 1.807) is 0 Å². The summed E-state index contributed by atoms with van der Waals surface area (Å²) in [6.07, 6.45) is 6.20. The van der Waals surface area contributed by atoms with Gasteiger partial charge in [0.15, 0.2) is 0 Å². The van der Waals surface area contributed by atoms with E-state index in [0.29, 0.717) is 12.0 Å². The van der Waals surface area contributed by atoms with Crippen molar-refractivity contribution in [1.82, 2.24) is 15.1 Å². The van der Waals surface area contributed by atoms with Gasteiger partial charge in [-0.1, -0.05) is 0 Å². The van der Waals surface area contributed by atoms with Crippen LogP contribution in [0.3, 0.4) is 0 Å². The molecule has 0 aromatic rings. The first-order chi connectivity index (χ1) is 10.7. The Balaban J connectivity index is 1.39. The van der Waals surface area contributed by atoms with Crippen molar-refractivity contribution in [1.29, 1.82) is 0 Å². The maximum Gasteiger partial charge on any atom is 0.317 e. The quantitative estimate of drug-likeness (QED) is 0.815. The number of carbonyl (C=O) groups is 1. The van der Waals surface area contributed by atoms with Gasteiger partial charge in [-0.05, 0) is 44.9 Å². The first-order valence-electron chi connectivity index (χ1n) is 9.10. The average molecular weight is 309 g/mol. The second-order valence-corrected chi connectivity index (χ2v) is 7.25. The molecule has 22 heavy (non-hydrogen) atoms. The van der Waals surface area contributed by atoms with Crippen molar-refractivity contribution in [3.05, 3.63) is 0 Å². The molecule has 5 nitrogen and oxygen atoms in total. The monoisotopic (exact) mass is 309 g/mol. The van der Waals surface area contributed by atoms with Crippen LogP contribution in [0.5, 0.6) is 0 Å². The summed E-state index contributed by atoms with van der Waals surface area (Å²) in [5.74, 6) is 1.45. The maximum absolute atomic E-state index is 12.5. The summed E-state index contributed by atoms with van der Waals surface area (Å²) >= 11 is 0. The van der Waals surface area contributed by atoms with E-state index < -0.39 is 0 Å². The third kappa shape index (κ3) is 4.59. The van der Waals surface area contributed by atoms with Crippen molar-refractivity contribution < 1.29 is 9.53 Å². The predicted octanol–water partition coefficient (Wildman–Crippen LogP) is 1.93. The van der Waals surface area contributed by atoms with E-state index in [9.17, 15) is 4.79 Å². The fraction of sp³-hybridized carbons (Fsp3) is 0.941. The lowest BCUT2D eigenvalue weighted by molar-refractivity contribution is 0.0752. The minimum Gasteiger partial charge on any atom is -0.381 e. The average Bonchev–Trinajstić information content (AvgIpc) is 3.24. The normalized spacial score (nSPS) is 29.8. The molecule has 0 radical (unpaired) electrons. The molecule has 3 rings (SSSR count). The van der Waals surface area contributed by atoms with Gasteiger partial charge in [-0.15, -0.1) is 0 Å². The Morgan fingerprint density at radius 2 is 2.00 bits per heavy atom. The summed E-state index contributed by atoms with van der Waals surface area (Å²) in [6, 6.07) is 0.484. The van der Waals surface area contributed by atoms with Gasteiger partial charge < -0.3 is 19.9 Å². The smallest absolute Gasteiger partial charge is 0.317 e. The van der Waals surface area contributed by atoms with E-state index in [4.69, 9.17) is 4.74 Å². The second kappa shape index (κ2) is 7.64. The molecule has 2 amide bonds. The number of rotatable bonds is 6. The number of hydrogen-bond donors (Lipinski definition) is 1. The summed E-state index contributed by atoms with van der Waals surface area (Å²) < 4.78 is 5.53. The lowest BCUT2D eigenvalue weighted by Gasteiger charge is -2.33. The van der Waals surface area contributed by atoms with Crippen LogP contribution in [0, 0.1) is 11.8 Å². The van der Waals surface area contributed by atoms with Gasteiger partial charge in [0, 0.05) is 51.3 Å². The Labute approximate surface area is 134 Å². The van der Waals surface area contributed by atoms with Crippen LogP contribution in [-0.2, 0) is 4.74 Å². The summed E-state index contributed by atoms with van der Waals surface area (Å²) in [5.41, 5.74) is 0. The number of piperidine rings is 1. The molecule has 0 aromatic carbocycles. The summed E-state index contributed by atoms with van der Waals surface area (Å²) in [6.45, 7) is 8.76. The van der Waals surface area contributed by atoms with E-state index in [1.807, 2.05) is 11.8 Å². The first-order valence-corrected chi connectivity index (χ1v) is 9.10. The molecule has 126 valence electrons. The summed E-state index contributed by atoms with van der Waals surface area (Å²) in [5, 5.41) is 3.25. The predicted molar refractivity (Wildman–Crippen MR) is 86.9 cm³/mol. The van der Waals surface area contributed by atoms with Gasteiger partial charge in [0.05, 0.1) is 6.61 Å². The van der Waals surface area contributed by atoms with Gasteiger partial charge in [-0.2, -0.15) is 0 Å². The Hall–Kier alpha value is -0.810. The van der Waals surface area contributed by atoms with Crippen LogP contribution < -0.4 is 5.32 Å². The zero-order chi connectivity index (χ0) is 15.4. The number of carbonyl (C=O) groups excluding carboxylic acids is 1. The lowest BCUT2D eigenvalue weighted by Crippen LogP contribution is -2.49. The fourth-order valence-electron chi connectivity index (χ4n) is 3.72. The van der Waals surface area contributed by atoms with E-state index in [2.05, 4.69) is 10.2 Å². The van der Waals surface area contributed by atoms with Crippen molar-refractivity contribution in [2.24, 2.45) is 11.8 Å². The molecule has 2 saturated heterocycles. The summed E-state index contributed by atoms with van der Waals surface area (Å²) in [4.78, 5) is 17.0. The molecule has 0 spiro atoms. The highest BCUT2D eigenvalue weighted by molar-refractivity contribution is 5.74. The molecule has 0 aromatic heterocycles. The first kappa shape index (κ1) is 16.1. The van der Waals surface area contributed by atoms with Crippen LogP contribution in [0.2, 0.25) is 0 Å². The van der Waals surface area contributed by atoms with Gasteiger partial charge in [0.2, 0.25) is 0 Å². The van der Waals surface area contributed by atoms with Gasteiger partial charge in [-0.25, -0.2) is 4.79 Å². The third-order valence-corrected chi connectivity index (χ3v) is 5.18. The molecule has 1 aliphatic carbocycles. The lowest BCUT2D eigenvalue weighted by atomic mass is 9.99. The van der Waals surface area contributed by atoms with Crippen LogP contribution in [-0.4, -0.2) is 67.8 Å². The number of likely N-dealkylation sites (tertiary alicyclic amines) is 2. The molecule has 0 bridgehead atoms. The number of amides is 2. The molecule has 2 unspecified atom stereocenters. The highest BCUT2D eigenvalue weighted by atomic mass is 16.5. The minimum absolute atomic E-state index is 0.138. The molecule has 5 heteroatoms. The highest BCUT2D eigenvalue weighted by Gasteiger charge is 2.31. The molecule has 2 aliphatic heterocycles. The Bertz CT molecular complexity index is 373. The third-order valence-electron chi connectivity index (χ3n) is 5.18. The van der Waals surface area contributed by atoms with Crippen molar-refractivity contribution >= 4 is 6.03 Å². The van der Waals surface area contributed by atoms with E-state index in [0.717, 1.165) is 58.2 Å². The van der Waals surface area contributed by atoms with Gasteiger partial charge in [-0.3, -0.25) is 0 Å². The molecule has 3 aliphatic rings. The zero-order valence-electron chi connectivity index (χ0n) is 13.9. The number of nitrogens with one attached hydrogen (secondary N) is 1. The topological polar surface area (TPSA) is 44.8 Å². The van der Waals surface area contributed by atoms with Crippen molar-refractivity contribution in [3.8, 4) is 0 Å². The second-order valence-electron chi connectivity index (χ2n) is 7.25. The number of hydrogen-bond acceptors (Lipinski definition) is 3. The Kier molecular flexibility index (Phi) is 5.58. The van der Waals surface area contributed by atoms with Crippen LogP contribution in [0.1, 0.15) is 39.0 Å². The number of urea groups is 1. The molecule has 2 atom stereocenters. The van der Waals surface area contributed by atoms with Gasteiger partial charge in [0.1, 0.15) is 0 Å². The van der Waals surface area contributed by atoms with Crippen LogP contribution in [0.15, 0.2) is 0 Å². The minimum atomic E-state index is 0.138. The zero-order valence-corrected chi connectivity index (χ0v) is 13.9. The van der Waals surface area contributed by atoms with Crippen LogP contribution >= 0.6 is 0 Å². The molecule has 2 heterocycles. The standard InChI is InChI=1S/C17H31N3O2/c1-2-22-13-15-4-3-8-20(11-15)17(21)18-16-7-9-19(12-16)10-14-5-6-14/h14-16H,2-13H2,1H3,(H,18,21). The molecular weight excluding hydrogens is 278 g/mol. The molecular formula is C17H31N3O2. The summed E-state index contributed by atoms with van der Waals surface area (Å²) in [7, 11) is 0. The van der Waals surface area contributed by atoms with E-state index in [1.165, 1.54) is 25.8 Å². The molecule has 1 saturated carbocycles. The molecule has 1 N–H and O–H groups in total. The highest BCUT2D eigenvalue weighted by Crippen LogP contribution is 2.30. The fourth-order valence-corrected chi connectivity index (χ4v) is 3.72. The largest absolute Gasteiger partial charge is 0.381 e. The van der Waals surface area contributed by atoms with E-state index in [-0.39, 0.29) is 6.03 Å². The van der Waals surface area contributed by atoms with Gasteiger partial charge >= 0.3 is 6.03 Å². The maximum atomic E-state index is 12.5.